The first-order valence-electron chi connectivity index (χ1n) is 10.9. The second-order valence-electron chi connectivity index (χ2n) is 7.90. The molecular weight excluding hydrogens is 464 g/mol. The van der Waals surface area contributed by atoms with Crippen LogP contribution in [0.25, 0.3) is 0 Å². The van der Waals surface area contributed by atoms with Crippen molar-refractivity contribution in [3.8, 4) is 0 Å². The molecule has 0 aliphatic carbocycles. The number of hydrogen-bond acceptors (Lipinski definition) is 7. The number of amides is 2. The zero-order valence-electron chi connectivity index (χ0n) is 19.5. The first kappa shape index (κ1) is 24.1. The van der Waals surface area contributed by atoms with Crippen molar-refractivity contribution >= 4 is 28.9 Å². The van der Waals surface area contributed by atoms with Crippen LogP contribution in [0.4, 0.5) is 11.4 Å². The summed E-state index contributed by atoms with van der Waals surface area (Å²) in [5.74, 6) is -0.295. The topological polar surface area (TPSA) is 145 Å². The summed E-state index contributed by atoms with van der Waals surface area (Å²) in [6.45, 7) is 3.75. The van der Waals surface area contributed by atoms with E-state index in [2.05, 4.69) is 20.9 Å². The standard InChI is InChI=1S/C25H22N6O5/c1-16-5-3-4-6-22(16)24(32)27-19-9-7-18(8-10-19)17(2)28-29-25(33)23-12-11-21(36-23)15-30-14-20(13-26-30)31(34)35/h3-14H,15H2,1-2H3,(H,27,32)(H,29,33)/b28-17-. The predicted octanol–water partition coefficient (Wildman–Crippen LogP) is 4.15. The number of hydrazone groups is 1. The van der Waals surface area contributed by atoms with Crippen LogP contribution >= 0.6 is 0 Å². The summed E-state index contributed by atoms with van der Waals surface area (Å²) in [5, 5.41) is 21.6. The Kier molecular flexibility index (Phi) is 7.00. The Hall–Kier alpha value is -5.06. The van der Waals surface area contributed by atoms with Gasteiger partial charge in [0.1, 0.15) is 18.2 Å². The largest absolute Gasteiger partial charge is 0.454 e. The molecule has 2 amide bonds. The molecule has 2 aromatic carbocycles. The summed E-state index contributed by atoms with van der Waals surface area (Å²) in [5.41, 5.74) is 5.74. The van der Waals surface area contributed by atoms with Crippen molar-refractivity contribution in [3.05, 3.63) is 111 Å². The first-order valence-corrected chi connectivity index (χ1v) is 10.9. The molecule has 0 atom stereocenters. The van der Waals surface area contributed by atoms with Crippen molar-refractivity contribution in [2.45, 2.75) is 20.4 Å². The van der Waals surface area contributed by atoms with Crippen LogP contribution in [0.2, 0.25) is 0 Å². The molecule has 2 heterocycles. The molecule has 0 fully saturated rings. The predicted molar refractivity (Wildman–Crippen MR) is 132 cm³/mol. The number of aromatic nitrogens is 2. The number of anilines is 1. The van der Waals surface area contributed by atoms with Gasteiger partial charge in [-0.15, -0.1) is 0 Å². The molecule has 4 aromatic rings. The van der Waals surface area contributed by atoms with E-state index < -0.39 is 10.8 Å². The first-order chi connectivity index (χ1) is 17.3. The second kappa shape index (κ2) is 10.5. The van der Waals surface area contributed by atoms with Gasteiger partial charge in [0.2, 0.25) is 0 Å². The molecule has 0 saturated heterocycles. The normalized spacial score (nSPS) is 11.2. The van der Waals surface area contributed by atoms with Crippen LogP contribution in [-0.4, -0.2) is 32.2 Å². The third kappa shape index (κ3) is 5.70. The van der Waals surface area contributed by atoms with Crippen molar-refractivity contribution in [1.82, 2.24) is 15.2 Å². The highest BCUT2D eigenvalue weighted by Gasteiger charge is 2.14. The summed E-state index contributed by atoms with van der Waals surface area (Å²) >= 11 is 0. The number of aryl methyl sites for hydroxylation is 1. The lowest BCUT2D eigenvalue weighted by Gasteiger charge is -2.08. The van der Waals surface area contributed by atoms with E-state index in [0.717, 1.165) is 17.3 Å². The summed E-state index contributed by atoms with van der Waals surface area (Å²) < 4.78 is 6.84. The average molecular weight is 486 g/mol. The Morgan fingerprint density at radius 3 is 2.53 bits per heavy atom. The fourth-order valence-corrected chi connectivity index (χ4v) is 3.35. The molecule has 2 N–H and O–H groups in total. The molecule has 0 spiro atoms. The van der Waals surface area contributed by atoms with Gasteiger partial charge in [-0.05, 0) is 55.3 Å². The van der Waals surface area contributed by atoms with Gasteiger partial charge >= 0.3 is 11.6 Å². The average Bonchev–Trinajstić information content (AvgIpc) is 3.53. The monoisotopic (exact) mass is 486 g/mol. The molecule has 0 unspecified atom stereocenters. The smallest absolute Gasteiger partial charge is 0.307 e. The van der Waals surface area contributed by atoms with Crippen molar-refractivity contribution in [2.24, 2.45) is 5.10 Å². The highest BCUT2D eigenvalue weighted by Crippen LogP contribution is 2.15. The number of nitrogens with one attached hydrogen (secondary N) is 2. The van der Waals surface area contributed by atoms with E-state index >= 15 is 0 Å². The molecule has 0 saturated carbocycles. The van der Waals surface area contributed by atoms with Crippen LogP contribution in [0.15, 0.2) is 82.6 Å². The lowest BCUT2D eigenvalue weighted by Crippen LogP contribution is -2.18. The number of carbonyl (C=O) groups is 2. The third-order valence-corrected chi connectivity index (χ3v) is 5.31. The Morgan fingerprint density at radius 1 is 1.08 bits per heavy atom. The molecule has 0 radical (unpaired) electrons. The summed E-state index contributed by atoms with van der Waals surface area (Å²) in [7, 11) is 0. The van der Waals surface area contributed by atoms with E-state index in [1.165, 1.54) is 16.9 Å². The van der Waals surface area contributed by atoms with Gasteiger partial charge < -0.3 is 9.73 Å². The highest BCUT2D eigenvalue weighted by atomic mass is 16.6. The van der Waals surface area contributed by atoms with E-state index in [1.807, 2.05) is 25.1 Å². The molecule has 36 heavy (non-hydrogen) atoms. The Bertz CT molecular complexity index is 1450. The number of carbonyl (C=O) groups excluding carboxylic acids is 2. The van der Waals surface area contributed by atoms with Crippen LogP contribution in [0, 0.1) is 17.0 Å². The van der Waals surface area contributed by atoms with Crippen molar-refractivity contribution in [1.29, 1.82) is 0 Å². The third-order valence-electron chi connectivity index (χ3n) is 5.31. The number of nitro groups is 1. The van der Waals surface area contributed by atoms with Crippen molar-refractivity contribution in [2.75, 3.05) is 5.32 Å². The van der Waals surface area contributed by atoms with Gasteiger partial charge in [-0.3, -0.25) is 24.4 Å². The SMILES string of the molecule is C/C(=N/NC(=O)c1ccc(Cn2cc([N+](=O)[O-])cn2)o1)c1ccc(NC(=O)c2ccccc2C)cc1. The summed E-state index contributed by atoms with van der Waals surface area (Å²) in [6.07, 6.45) is 2.41. The Labute approximate surface area is 205 Å². The minimum absolute atomic E-state index is 0.0393. The number of hydrogen-bond donors (Lipinski definition) is 2. The molecule has 0 aliphatic rings. The van der Waals surface area contributed by atoms with E-state index in [4.69, 9.17) is 4.42 Å². The molecule has 11 heteroatoms. The number of nitrogens with zero attached hydrogens (tertiary/aromatic N) is 4. The van der Waals surface area contributed by atoms with Gasteiger partial charge in [0.25, 0.3) is 5.91 Å². The maximum Gasteiger partial charge on any atom is 0.307 e. The van der Waals surface area contributed by atoms with Crippen LogP contribution in [0.1, 0.15) is 44.7 Å². The molecule has 4 rings (SSSR count). The van der Waals surface area contributed by atoms with Gasteiger partial charge in [0.15, 0.2) is 5.76 Å². The van der Waals surface area contributed by atoms with Crippen LogP contribution < -0.4 is 10.7 Å². The van der Waals surface area contributed by atoms with Gasteiger partial charge in [-0.2, -0.15) is 10.2 Å². The van der Waals surface area contributed by atoms with Gasteiger partial charge in [-0.25, -0.2) is 5.43 Å². The molecule has 0 bridgehead atoms. The van der Waals surface area contributed by atoms with Gasteiger partial charge in [-0.1, -0.05) is 30.3 Å². The molecular formula is C25H22N6O5. The molecule has 182 valence electrons. The number of rotatable bonds is 8. The van der Waals surface area contributed by atoms with Crippen LogP contribution in [-0.2, 0) is 6.54 Å². The fourth-order valence-electron chi connectivity index (χ4n) is 3.35. The zero-order chi connectivity index (χ0) is 25.7. The minimum atomic E-state index is -0.547. The van der Waals surface area contributed by atoms with E-state index in [-0.39, 0.29) is 23.9 Å². The van der Waals surface area contributed by atoms with Crippen LogP contribution in [0.3, 0.4) is 0 Å². The molecule has 0 aliphatic heterocycles. The maximum absolute atomic E-state index is 12.5. The van der Waals surface area contributed by atoms with E-state index in [9.17, 15) is 19.7 Å². The van der Waals surface area contributed by atoms with Gasteiger partial charge in [0.05, 0.1) is 17.2 Å². The lowest BCUT2D eigenvalue weighted by molar-refractivity contribution is -0.385. The number of benzene rings is 2. The number of furan rings is 1. The van der Waals surface area contributed by atoms with Gasteiger partial charge in [0, 0.05) is 11.3 Å². The maximum atomic E-state index is 12.5. The zero-order valence-corrected chi connectivity index (χ0v) is 19.5. The van der Waals surface area contributed by atoms with Crippen LogP contribution in [0.5, 0.6) is 0 Å². The van der Waals surface area contributed by atoms with Crippen molar-refractivity contribution < 1.29 is 18.9 Å². The lowest BCUT2D eigenvalue weighted by atomic mass is 10.1. The van der Waals surface area contributed by atoms with E-state index in [1.54, 1.807) is 43.3 Å². The van der Waals surface area contributed by atoms with E-state index in [0.29, 0.717) is 22.7 Å². The highest BCUT2D eigenvalue weighted by molar-refractivity contribution is 6.06. The summed E-state index contributed by atoms with van der Waals surface area (Å²) in [6, 6.07) is 17.5. The Morgan fingerprint density at radius 2 is 1.83 bits per heavy atom. The van der Waals surface area contributed by atoms with Crippen molar-refractivity contribution in [3.63, 3.8) is 0 Å². The molecule has 11 nitrogen and oxygen atoms in total. The quantitative estimate of drug-likeness (QED) is 0.217. The second-order valence-corrected chi connectivity index (χ2v) is 7.90. The Balaban J connectivity index is 1.34. The fraction of sp³-hybridized carbons (Fsp3) is 0.120. The molecule has 2 aromatic heterocycles. The minimum Gasteiger partial charge on any atom is -0.454 e. The summed E-state index contributed by atoms with van der Waals surface area (Å²) in [4.78, 5) is 35.1.